The molecule has 6 heteroatoms. The molecule has 8 aliphatic rings. The lowest BCUT2D eigenvalue weighted by molar-refractivity contribution is -0.195. The Bertz CT molecular complexity index is 937. The zero-order chi connectivity index (χ0) is 24.7. The molecule has 0 aromatic heterocycles. The Hall–Kier alpha value is -1.92. The van der Waals surface area contributed by atoms with Crippen molar-refractivity contribution in [2.24, 2.45) is 52.3 Å². The van der Waals surface area contributed by atoms with Gasteiger partial charge in [0.15, 0.2) is 0 Å². The van der Waals surface area contributed by atoms with Crippen molar-refractivity contribution >= 4 is 11.9 Å². The molecule has 0 saturated heterocycles. The van der Waals surface area contributed by atoms with E-state index in [1.165, 1.54) is 25.7 Å². The summed E-state index contributed by atoms with van der Waals surface area (Å²) in [7, 11) is 1.73. The molecule has 8 bridgehead atoms. The number of aliphatic hydroxyl groups is 1. The minimum absolute atomic E-state index is 0.00652. The maximum atomic E-state index is 13.5. The normalized spacial score (nSPS) is 45.6. The number of methoxy groups -OCH3 is 1. The van der Waals surface area contributed by atoms with Crippen molar-refractivity contribution in [3.8, 4) is 11.5 Å². The second-order valence-electron chi connectivity index (χ2n) is 13.2. The molecule has 8 saturated carbocycles. The van der Waals surface area contributed by atoms with Crippen LogP contribution in [-0.4, -0.2) is 36.9 Å². The summed E-state index contributed by atoms with van der Waals surface area (Å²) < 4.78 is 17.7. The van der Waals surface area contributed by atoms with Gasteiger partial charge in [0.2, 0.25) is 0 Å². The van der Waals surface area contributed by atoms with Crippen LogP contribution in [0.3, 0.4) is 0 Å². The third-order valence-electron chi connectivity index (χ3n) is 11.2. The van der Waals surface area contributed by atoms with E-state index in [9.17, 15) is 14.7 Å². The van der Waals surface area contributed by atoms with E-state index in [0.29, 0.717) is 47.0 Å². The number of carbonyl (C=O) groups is 2. The van der Waals surface area contributed by atoms with Crippen molar-refractivity contribution in [2.45, 2.75) is 70.3 Å². The minimum atomic E-state index is -0.553. The molecule has 6 unspecified atom stereocenters. The van der Waals surface area contributed by atoms with Crippen molar-refractivity contribution in [1.82, 2.24) is 0 Å². The van der Waals surface area contributed by atoms with Crippen LogP contribution in [-0.2, 0) is 14.3 Å². The molecule has 1 N–H and O–H groups in total. The highest BCUT2D eigenvalue weighted by atomic mass is 16.5. The van der Waals surface area contributed by atoms with E-state index in [1.807, 2.05) is 0 Å². The highest BCUT2D eigenvalue weighted by molar-refractivity contribution is 5.81. The largest absolute Gasteiger partial charge is 0.426 e. The Morgan fingerprint density at radius 3 is 1.67 bits per heavy atom. The van der Waals surface area contributed by atoms with E-state index < -0.39 is 10.8 Å². The van der Waals surface area contributed by atoms with Gasteiger partial charge < -0.3 is 19.3 Å². The summed E-state index contributed by atoms with van der Waals surface area (Å²) in [6.45, 7) is 0.0564. The van der Waals surface area contributed by atoms with Gasteiger partial charge in [-0.05, 0) is 124 Å². The molecule has 6 nitrogen and oxygen atoms in total. The first-order valence-corrected chi connectivity index (χ1v) is 14.1. The summed E-state index contributed by atoms with van der Waals surface area (Å²) in [5, 5.41) is 10.2. The number of rotatable bonds is 6. The molecule has 6 atom stereocenters. The lowest BCUT2D eigenvalue weighted by Gasteiger charge is -2.59. The highest BCUT2D eigenvalue weighted by Gasteiger charge is 2.63. The van der Waals surface area contributed by atoms with E-state index in [0.717, 1.165) is 38.5 Å². The predicted octanol–water partition coefficient (Wildman–Crippen LogP) is 4.77. The maximum absolute atomic E-state index is 13.5. The number of carbonyl (C=O) groups excluding carboxylic acids is 2. The summed E-state index contributed by atoms with van der Waals surface area (Å²) >= 11 is 0. The molecule has 1 aromatic rings. The number of esters is 2. The SMILES string of the molecule is COC1C2CC3CC(C2)CC1(C(=O)Oc1ccc(OC(=O)C24CC5CC(CC(C5)C2CO)C4)cc1)C3. The van der Waals surface area contributed by atoms with Crippen LogP contribution in [0.2, 0.25) is 0 Å². The second-order valence-corrected chi connectivity index (χ2v) is 13.2. The lowest BCUT2D eigenvalue weighted by atomic mass is 9.45. The fourth-order valence-corrected chi connectivity index (χ4v) is 10.5. The fourth-order valence-electron chi connectivity index (χ4n) is 10.5. The van der Waals surface area contributed by atoms with Crippen LogP contribution >= 0.6 is 0 Å². The first-order valence-electron chi connectivity index (χ1n) is 14.1. The topological polar surface area (TPSA) is 82.1 Å². The van der Waals surface area contributed by atoms with Gasteiger partial charge in [0.05, 0.1) is 16.9 Å². The van der Waals surface area contributed by atoms with E-state index in [4.69, 9.17) is 14.2 Å². The molecule has 194 valence electrons. The van der Waals surface area contributed by atoms with E-state index >= 15 is 0 Å². The molecule has 0 radical (unpaired) electrons. The Morgan fingerprint density at radius 1 is 0.750 bits per heavy atom. The van der Waals surface area contributed by atoms with Crippen LogP contribution in [0.1, 0.15) is 64.2 Å². The number of hydrogen-bond acceptors (Lipinski definition) is 6. The zero-order valence-corrected chi connectivity index (χ0v) is 21.2. The van der Waals surface area contributed by atoms with Crippen LogP contribution in [0.15, 0.2) is 24.3 Å². The number of benzene rings is 1. The molecule has 0 heterocycles. The van der Waals surface area contributed by atoms with E-state index in [-0.39, 0.29) is 30.6 Å². The fraction of sp³-hybridized carbons (Fsp3) is 0.733. The first kappa shape index (κ1) is 23.2. The van der Waals surface area contributed by atoms with Gasteiger partial charge in [-0.25, -0.2) is 0 Å². The van der Waals surface area contributed by atoms with Crippen molar-refractivity contribution < 1.29 is 28.9 Å². The summed E-state index contributed by atoms with van der Waals surface area (Å²) in [5.74, 6) is 3.88. The lowest BCUT2D eigenvalue weighted by Crippen LogP contribution is -2.60. The van der Waals surface area contributed by atoms with Gasteiger partial charge in [-0.15, -0.1) is 0 Å². The van der Waals surface area contributed by atoms with Crippen LogP contribution in [0.5, 0.6) is 11.5 Å². The molecule has 1 aromatic carbocycles. The Morgan fingerprint density at radius 2 is 1.19 bits per heavy atom. The van der Waals surface area contributed by atoms with Gasteiger partial charge in [0.1, 0.15) is 11.5 Å². The van der Waals surface area contributed by atoms with Gasteiger partial charge in [-0.1, -0.05) is 0 Å². The summed E-state index contributed by atoms with van der Waals surface area (Å²) in [6.07, 6.45) is 10.4. The highest BCUT2D eigenvalue weighted by Crippen LogP contribution is 2.63. The van der Waals surface area contributed by atoms with Crippen molar-refractivity contribution in [3.05, 3.63) is 24.3 Å². The smallest absolute Gasteiger partial charge is 0.320 e. The minimum Gasteiger partial charge on any atom is -0.426 e. The van der Waals surface area contributed by atoms with Gasteiger partial charge in [-0.2, -0.15) is 0 Å². The molecule has 36 heavy (non-hydrogen) atoms. The first-order chi connectivity index (χ1) is 17.4. The molecule has 9 rings (SSSR count). The number of hydrogen-bond donors (Lipinski definition) is 1. The molecule has 0 amide bonds. The molecule has 0 aliphatic heterocycles. The van der Waals surface area contributed by atoms with Crippen molar-refractivity contribution in [3.63, 3.8) is 0 Å². The van der Waals surface area contributed by atoms with Gasteiger partial charge >= 0.3 is 11.9 Å². The van der Waals surface area contributed by atoms with Crippen LogP contribution in [0.4, 0.5) is 0 Å². The standard InChI is InChI=1S/C30H38O6/c1-34-26-22-10-19-7-20(11-22)15-30(26,14-19)28(33)36-24-4-2-23(3-5-24)35-27(32)29-12-17-6-18(13-29)9-21(8-17)25(29)16-31/h2-5,17-22,25-26,31H,6-16H2,1H3. The maximum Gasteiger partial charge on any atom is 0.320 e. The molecular weight excluding hydrogens is 456 g/mol. The molecular formula is C30H38O6. The molecule has 8 aliphatic carbocycles. The van der Waals surface area contributed by atoms with Crippen molar-refractivity contribution in [2.75, 3.05) is 13.7 Å². The van der Waals surface area contributed by atoms with Crippen molar-refractivity contribution in [1.29, 1.82) is 0 Å². The van der Waals surface area contributed by atoms with Gasteiger partial charge in [-0.3, -0.25) is 9.59 Å². The molecule has 8 fully saturated rings. The van der Waals surface area contributed by atoms with E-state index in [1.54, 1.807) is 31.4 Å². The summed E-state index contributed by atoms with van der Waals surface area (Å²) in [6, 6.07) is 6.91. The van der Waals surface area contributed by atoms with Crippen LogP contribution in [0, 0.1) is 52.3 Å². The molecule has 0 spiro atoms. The van der Waals surface area contributed by atoms with Crippen LogP contribution < -0.4 is 9.47 Å². The van der Waals surface area contributed by atoms with Crippen LogP contribution in [0.25, 0.3) is 0 Å². The Labute approximate surface area is 213 Å². The third-order valence-corrected chi connectivity index (χ3v) is 11.2. The average molecular weight is 495 g/mol. The van der Waals surface area contributed by atoms with Gasteiger partial charge in [0, 0.05) is 19.6 Å². The second kappa shape index (κ2) is 8.29. The van der Waals surface area contributed by atoms with E-state index in [2.05, 4.69) is 0 Å². The quantitative estimate of drug-likeness (QED) is 0.453. The predicted molar refractivity (Wildman–Crippen MR) is 131 cm³/mol. The monoisotopic (exact) mass is 494 g/mol. The Balaban J connectivity index is 1.05. The Kier molecular flexibility index (Phi) is 5.35. The number of aliphatic hydroxyl groups excluding tert-OH is 1. The zero-order valence-electron chi connectivity index (χ0n) is 21.2. The third kappa shape index (κ3) is 3.36. The number of ether oxygens (including phenoxy) is 3. The summed E-state index contributed by atoms with van der Waals surface area (Å²) in [5.41, 5.74) is -1.09. The summed E-state index contributed by atoms with van der Waals surface area (Å²) in [4.78, 5) is 27.0. The van der Waals surface area contributed by atoms with Gasteiger partial charge in [0.25, 0.3) is 0 Å². The average Bonchev–Trinajstić information content (AvgIpc) is 2.84.